The van der Waals surface area contributed by atoms with E-state index in [-0.39, 0.29) is 0 Å². The van der Waals surface area contributed by atoms with Gasteiger partial charge in [-0.2, -0.15) is 0 Å². The maximum atomic E-state index is 5.37. The molecule has 11 aromatic rings. The summed E-state index contributed by atoms with van der Waals surface area (Å²) < 4.78 is 0. The van der Waals surface area contributed by atoms with E-state index in [0.717, 1.165) is 72.0 Å². The number of benzene rings is 9. The van der Waals surface area contributed by atoms with E-state index in [9.17, 15) is 0 Å². The average molecular weight is 712 g/mol. The summed E-state index contributed by atoms with van der Waals surface area (Å²) in [4.78, 5) is 15.7. The minimum absolute atomic E-state index is 0.706. The number of para-hydroxylation sites is 2. The fraction of sp³-hybridized carbons (Fsp3) is 0. The number of hydrogen-bond donors (Lipinski definition) is 0. The molecule has 0 spiro atoms. The van der Waals surface area contributed by atoms with Gasteiger partial charge in [0, 0.05) is 38.2 Å². The van der Waals surface area contributed by atoms with Crippen LogP contribution in [-0.2, 0) is 0 Å². The van der Waals surface area contributed by atoms with Crippen molar-refractivity contribution in [1.29, 1.82) is 0 Å². The molecule has 0 aliphatic carbocycles. The fourth-order valence-electron chi connectivity index (χ4n) is 8.31. The summed E-state index contributed by atoms with van der Waals surface area (Å²) in [6.45, 7) is 0. The average Bonchev–Trinajstić information content (AvgIpc) is 3.28. The van der Waals surface area contributed by atoms with E-state index in [1.807, 2.05) is 12.1 Å². The van der Waals surface area contributed by atoms with Crippen LogP contribution >= 0.6 is 0 Å². The molecule has 0 aliphatic heterocycles. The van der Waals surface area contributed by atoms with Gasteiger partial charge in [-0.15, -0.1) is 0 Å². The second-order valence-corrected chi connectivity index (χ2v) is 14.4. The van der Waals surface area contributed by atoms with Gasteiger partial charge in [-0.05, 0) is 74.1 Å². The zero-order valence-electron chi connectivity index (χ0n) is 30.4. The van der Waals surface area contributed by atoms with Crippen molar-refractivity contribution in [2.75, 3.05) is 0 Å². The summed E-state index contributed by atoms with van der Waals surface area (Å²) in [6, 6.07) is 71.0. The van der Waals surface area contributed by atoms with Gasteiger partial charge in [0.1, 0.15) is 0 Å². The van der Waals surface area contributed by atoms with Crippen molar-refractivity contribution >= 4 is 54.1 Å². The monoisotopic (exact) mass is 711 g/mol. The van der Waals surface area contributed by atoms with Gasteiger partial charge >= 0.3 is 0 Å². The van der Waals surface area contributed by atoms with Crippen molar-refractivity contribution < 1.29 is 0 Å². The van der Waals surface area contributed by atoms with Gasteiger partial charge in [-0.25, -0.2) is 15.0 Å². The number of fused-ring (bicyclic) bond motifs is 7. The lowest BCUT2D eigenvalue weighted by Crippen LogP contribution is -1.96. The first-order chi connectivity index (χ1) is 27.7. The van der Waals surface area contributed by atoms with Gasteiger partial charge in [0.05, 0.1) is 22.4 Å². The maximum absolute atomic E-state index is 5.37. The first-order valence-corrected chi connectivity index (χ1v) is 19.0. The molecule has 260 valence electrons. The van der Waals surface area contributed by atoms with E-state index in [2.05, 4.69) is 188 Å². The summed E-state index contributed by atoms with van der Waals surface area (Å²) in [6.07, 6.45) is 0. The largest absolute Gasteiger partial charge is 0.247 e. The van der Waals surface area contributed by atoms with Crippen molar-refractivity contribution in [2.45, 2.75) is 0 Å². The van der Waals surface area contributed by atoms with Gasteiger partial charge in [-0.3, -0.25) is 0 Å². The highest BCUT2D eigenvalue weighted by Gasteiger charge is 2.18. The number of hydrogen-bond acceptors (Lipinski definition) is 3. The van der Waals surface area contributed by atoms with Crippen LogP contribution in [0.4, 0.5) is 0 Å². The lowest BCUT2D eigenvalue weighted by molar-refractivity contribution is 1.23. The third-order valence-corrected chi connectivity index (χ3v) is 11.0. The lowest BCUT2D eigenvalue weighted by Gasteiger charge is -2.17. The molecule has 0 amide bonds. The summed E-state index contributed by atoms with van der Waals surface area (Å²) in [7, 11) is 0. The maximum Gasteiger partial charge on any atom is 0.160 e. The van der Waals surface area contributed by atoms with Crippen LogP contribution < -0.4 is 0 Å². The molecule has 3 nitrogen and oxygen atoms in total. The van der Waals surface area contributed by atoms with Gasteiger partial charge in [0.2, 0.25) is 0 Å². The Labute approximate surface area is 324 Å². The molecule has 2 aromatic heterocycles. The summed E-state index contributed by atoms with van der Waals surface area (Å²) >= 11 is 0. The third kappa shape index (κ3) is 5.40. The van der Waals surface area contributed by atoms with Crippen molar-refractivity contribution in [2.24, 2.45) is 0 Å². The molecule has 0 aliphatic rings. The van der Waals surface area contributed by atoms with Crippen molar-refractivity contribution in [1.82, 2.24) is 15.0 Å². The van der Waals surface area contributed by atoms with Crippen LogP contribution in [0.3, 0.4) is 0 Å². The number of aromatic nitrogens is 3. The van der Waals surface area contributed by atoms with Crippen LogP contribution in [-0.4, -0.2) is 15.0 Å². The van der Waals surface area contributed by atoms with E-state index in [4.69, 9.17) is 15.0 Å². The number of nitrogens with zero attached hydrogens (tertiary/aromatic N) is 3. The van der Waals surface area contributed by atoms with Crippen LogP contribution in [0, 0.1) is 0 Å². The Morgan fingerprint density at radius 1 is 0.268 bits per heavy atom. The molecule has 56 heavy (non-hydrogen) atoms. The summed E-state index contributed by atoms with van der Waals surface area (Å²) in [5.41, 5.74) is 11.6. The van der Waals surface area contributed by atoms with Crippen LogP contribution in [0.15, 0.2) is 200 Å². The molecule has 0 saturated heterocycles. The molecular formula is C53H33N3. The zero-order valence-corrected chi connectivity index (χ0v) is 30.4. The molecule has 0 saturated carbocycles. The molecule has 0 atom stereocenters. The van der Waals surface area contributed by atoms with E-state index >= 15 is 0 Å². The van der Waals surface area contributed by atoms with Crippen molar-refractivity contribution in [3.05, 3.63) is 200 Å². The Balaban J connectivity index is 1.11. The summed E-state index contributed by atoms with van der Waals surface area (Å²) in [5.74, 6) is 0.706. The van der Waals surface area contributed by atoms with Gasteiger partial charge in [0.25, 0.3) is 0 Å². The number of pyridine rings is 1. The molecule has 3 heteroatoms. The minimum atomic E-state index is 0.706. The van der Waals surface area contributed by atoms with Crippen LogP contribution in [0.1, 0.15) is 0 Å². The highest BCUT2D eigenvalue weighted by Crippen LogP contribution is 2.43. The fourth-order valence-corrected chi connectivity index (χ4v) is 8.31. The highest BCUT2D eigenvalue weighted by atomic mass is 14.9. The molecule has 0 unspecified atom stereocenters. The lowest BCUT2D eigenvalue weighted by atomic mass is 9.89. The second kappa shape index (κ2) is 13.1. The topological polar surface area (TPSA) is 38.7 Å². The smallest absolute Gasteiger partial charge is 0.160 e. The zero-order chi connectivity index (χ0) is 37.0. The first kappa shape index (κ1) is 32.0. The SMILES string of the molecule is c1ccc(-c2ccc(-c3nc(-c4cccc(-c5cc6c(-c7ccc8ccccc8c7)nc7ccccc7c6c6ccccc56)c4)c4ccccc4n3)cc2)cc1. The predicted molar refractivity (Wildman–Crippen MR) is 235 cm³/mol. The normalized spacial score (nSPS) is 11.6. The molecule has 0 bridgehead atoms. The van der Waals surface area contributed by atoms with Gasteiger partial charge < -0.3 is 0 Å². The van der Waals surface area contributed by atoms with Crippen molar-refractivity contribution in [3.8, 4) is 56.2 Å². The molecule has 0 fully saturated rings. The Kier molecular flexibility index (Phi) is 7.49. The summed E-state index contributed by atoms with van der Waals surface area (Å²) in [5, 5.41) is 9.35. The molecular weight excluding hydrogens is 679 g/mol. The predicted octanol–water partition coefficient (Wildman–Crippen LogP) is 14.0. The van der Waals surface area contributed by atoms with Crippen LogP contribution in [0.25, 0.3) is 110 Å². The van der Waals surface area contributed by atoms with E-state index < -0.39 is 0 Å². The molecule has 0 radical (unpaired) electrons. The standard InChI is InChI=1S/C53H33N3/c1-2-13-34(14-3-1)36-25-28-37(29-26-36)53-55-49-24-11-9-22-45(49)51(56-53)40-18-12-17-39(32-40)46-33-47-50(43-20-7-6-19-42(43)46)44-21-8-10-23-48(44)54-52(47)41-30-27-35-15-4-5-16-38(35)31-41/h1-33H. The Morgan fingerprint density at radius 2 is 0.821 bits per heavy atom. The van der Waals surface area contributed by atoms with Crippen LogP contribution in [0.2, 0.25) is 0 Å². The third-order valence-electron chi connectivity index (χ3n) is 11.0. The Bertz CT molecular complexity index is 3300. The molecule has 0 N–H and O–H groups in total. The first-order valence-electron chi connectivity index (χ1n) is 19.0. The van der Waals surface area contributed by atoms with E-state index in [1.54, 1.807) is 0 Å². The molecule has 2 heterocycles. The molecule has 9 aromatic carbocycles. The molecule has 11 rings (SSSR count). The van der Waals surface area contributed by atoms with Gasteiger partial charge in [-0.1, -0.05) is 170 Å². The Hall–Kier alpha value is -7.49. The van der Waals surface area contributed by atoms with E-state index in [1.165, 1.54) is 32.5 Å². The minimum Gasteiger partial charge on any atom is -0.247 e. The quantitative estimate of drug-likeness (QED) is 0.167. The second-order valence-electron chi connectivity index (χ2n) is 14.4. The Morgan fingerprint density at radius 3 is 1.64 bits per heavy atom. The van der Waals surface area contributed by atoms with Gasteiger partial charge in [0.15, 0.2) is 5.82 Å². The highest BCUT2D eigenvalue weighted by molar-refractivity contribution is 6.25. The van der Waals surface area contributed by atoms with Crippen LogP contribution in [0.5, 0.6) is 0 Å². The number of rotatable bonds is 5. The van der Waals surface area contributed by atoms with Crippen molar-refractivity contribution in [3.63, 3.8) is 0 Å². The van der Waals surface area contributed by atoms with E-state index in [0.29, 0.717) is 5.82 Å².